The van der Waals surface area contributed by atoms with Crippen molar-refractivity contribution in [2.45, 2.75) is 25.7 Å². The number of nitrogens with zero attached hydrogens (tertiary/aromatic N) is 1. The number of nitrogen functional groups attached to an aromatic ring is 1. The number of aromatic nitrogens is 1. The largest absolute Gasteiger partial charge is 0.383 e. The molecular weight excluding hydrogens is 172 g/mol. The van der Waals surface area contributed by atoms with Gasteiger partial charge in [-0.05, 0) is 42.9 Å². The van der Waals surface area contributed by atoms with Gasteiger partial charge >= 0.3 is 0 Å². The number of hydrogen-bond donors (Lipinski definition) is 1. The molecule has 64 valence electrons. The van der Waals surface area contributed by atoms with Crippen LogP contribution in [0.15, 0.2) is 6.07 Å². The van der Waals surface area contributed by atoms with Gasteiger partial charge in [0.1, 0.15) is 11.0 Å². The second-order valence-electron chi connectivity index (χ2n) is 3.18. The normalized spacial score (nSPS) is 15.8. The maximum Gasteiger partial charge on any atom is 0.131 e. The summed E-state index contributed by atoms with van der Waals surface area (Å²) in [4.78, 5) is 4.03. The van der Waals surface area contributed by atoms with Crippen LogP contribution in [-0.4, -0.2) is 4.98 Å². The maximum absolute atomic E-state index is 5.79. The molecular formula is C9H11ClN2. The van der Waals surface area contributed by atoms with Gasteiger partial charge in [0, 0.05) is 0 Å². The fourth-order valence-electron chi connectivity index (χ4n) is 1.74. The molecule has 0 spiro atoms. The van der Waals surface area contributed by atoms with E-state index in [0.717, 1.165) is 12.8 Å². The molecule has 0 bridgehead atoms. The topological polar surface area (TPSA) is 38.9 Å². The number of rotatable bonds is 0. The summed E-state index contributed by atoms with van der Waals surface area (Å²) in [5.74, 6) is 0.622. The Balaban J connectivity index is 2.53. The first-order valence-electron chi connectivity index (χ1n) is 4.21. The molecule has 1 aliphatic carbocycles. The van der Waals surface area contributed by atoms with Crippen LogP contribution in [0.3, 0.4) is 0 Å². The number of fused-ring (bicyclic) bond motifs is 1. The lowest BCUT2D eigenvalue weighted by Crippen LogP contribution is -2.07. The highest BCUT2D eigenvalue weighted by Gasteiger charge is 2.13. The summed E-state index contributed by atoms with van der Waals surface area (Å²) in [6.45, 7) is 0. The van der Waals surface area contributed by atoms with Crippen molar-refractivity contribution in [3.05, 3.63) is 22.3 Å². The van der Waals surface area contributed by atoms with Crippen LogP contribution in [0, 0.1) is 0 Å². The van der Waals surface area contributed by atoms with Crippen molar-refractivity contribution in [2.24, 2.45) is 0 Å². The average Bonchev–Trinajstić information content (AvgIpc) is 2.04. The van der Waals surface area contributed by atoms with E-state index in [-0.39, 0.29) is 0 Å². The van der Waals surface area contributed by atoms with Crippen LogP contribution in [0.1, 0.15) is 24.0 Å². The van der Waals surface area contributed by atoms with Crippen LogP contribution in [0.4, 0.5) is 5.82 Å². The number of nitrogens with two attached hydrogens (primary N) is 1. The van der Waals surface area contributed by atoms with Gasteiger partial charge in [0.05, 0.1) is 0 Å². The first-order valence-corrected chi connectivity index (χ1v) is 4.59. The van der Waals surface area contributed by atoms with E-state index in [1.165, 1.54) is 24.0 Å². The molecule has 1 heterocycles. The van der Waals surface area contributed by atoms with Gasteiger partial charge in [-0.1, -0.05) is 11.6 Å². The summed E-state index contributed by atoms with van der Waals surface area (Å²) < 4.78 is 0. The third kappa shape index (κ3) is 1.27. The first kappa shape index (κ1) is 7.87. The second-order valence-corrected chi connectivity index (χ2v) is 3.56. The summed E-state index contributed by atoms with van der Waals surface area (Å²) in [5.41, 5.74) is 8.25. The maximum atomic E-state index is 5.79. The van der Waals surface area contributed by atoms with E-state index in [0.29, 0.717) is 11.0 Å². The molecule has 0 amide bonds. The van der Waals surface area contributed by atoms with Crippen molar-refractivity contribution in [3.8, 4) is 0 Å². The monoisotopic (exact) mass is 182 g/mol. The van der Waals surface area contributed by atoms with E-state index in [2.05, 4.69) is 4.98 Å². The minimum Gasteiger partial charge on any atom is -0.383 e. The summed E-state index contributed by atoms with van der Waals surface area (Å²) in [7, 11) is 0. The highest BCUT2D eigenvalue weighted by atomic mass is 35.5. The molecule has 0 fully saturated rings. The summed E-state index contributed by atoms with van der Waals surface area (Å²) in [5, 5.41) is 0.521. The second kappa shape index (κ2) is 2.94. The number of hydrogen-bond acceptors (Lipinski definition) is 2. The Morgan fingerprint density at radius 2 is 2.08 bits per heavy atom. The molecule has 0 saturated heterocycles. The molecule has 12 heavy (non-hydrogen) atoms. The van der Waals surface area contributed by atoms with E-state index >= 15 is 0 Å². The standard InChI is InChI=1S/C9H11ClN2/c10-8-5-6-3-1-2-4-7(6)9(11)12-8/h5H,1-4H2,(H2,11,12). The molecule has 1 aromatic heterocycles. The number of halogens is 1. The third-order valence-electron chi connectivity index (χ3n) is 2.34. The van der Waals surface area contributed by atoms with Gasteiger partial charge in [-0.15, -0.1) is 0 Å². The van der Waals surface area contributed by atoms with Gasteiger partial charge in [-0.25, -0.2) is 4.98 Å². The van der Waals surface area contributed by atoms with Gasteiger partial charge in [0.15, 0.2) is 0 Å². The predicted octanol–water partition coefficient (Wildman–Crippen LogP) is 2.20. The van der Waals surface area contributed by atoms with Crippen molar-refractivity contribution in [1.29, 1.82) is 0 Å². The van der Waals surface area contributed by atoms with Crippen LogP contribution in [-0.2, 0) is 12.8 Å². The highest BCUT2D eigenvalue weighted by molar-refractivity contribution is 6.29. The fourth-order valence-corrected chi connectivity index (χ4v) is 1.96. The van der Waals surface area contributed by atoms with Crippen LogP contribution in [0.25, 0.3) is 0 Å². The molecule has 0 aromatic carbocycles. The van der Waals surface area contributed by atoms with Crippen molar-refractivity contribution in [2.75, 3.05) is 5.73 Å². The average molecular weight is 183 g/mol. The minimum absolute atomic E-state index is 0.521. The van der Waals surface area contributed by atoms with Crippen LogP contribution >= 0.6 is 11.6 Å². The summed E-state index contributed by atoms with van der Waals surface area (Å²) in [6.07, 6.45) is 4.63. The van der Waals surface area contributed by atoms with E-state index in [1.54, 1.807) is 0 Å². The molecule has 2 rings (SSSR count). The molecule has 0 unspecified atom stereocenters. The highest BCUT2D eigenvalue weighted by Crippen LogP contribution is 2.26. The van der Waals surface area contributed by atoms with E-state index < -0.39 is 0 Å². The summed E-state index contributed by atoms with van der Waals surface area (Å²) in [6, 6.07) is 1.94. The van der Waals surface area contributed by atoms with Crippen molar-refractivity contribution in [3.63, 3.8) is 0 Å². The van der Waals surface area contributed by atoms with Crippen molar-refractivity contribution >= 4 is 17.4 Å². The minimum atomic E-state index is 0.521. The van der Waals surface area contributed by atoms with Crippen LogP contribution in [0.2, 0.25) is 5.15 Å². The number of pyridine rings is 1. The van der Waals surface area contributed by atoms with E-state index in [1.807, 2.05) is 6.07 Å². The van der Waals surface area contributed by atoms with Crippen molar-refractivity contribution < 1.29 is 0 Å². The molecule has 2 N–H and O–H groups in total. The molecule has 1 aliphatic rings. The lowest BCUT2D eigenvalue weighted by atomic mass is 9.93. The molecule has 2 nitrogen and oxygen atoms in total. The zero-order chi connectivity index (χ0) is 8.55. The zero-order valence-corrected chi connectivity index (χ0v) is 7.56. The van der Waals surface area contributed by atoms with Crippen LogP contribution in [0.5, 0.6) is 0 Å². The SMILES string of the molecule is Nc1nc(Cl)cc2c1CCCC2. The Morgan fingerprint density at radius 3 is 2.92 bits per heavy atom. The van der Waals surface area contributed by atoms with Gasteiger partial charge in [0.2, 0.25) is 0 Å². The quantitative estimate of drug-likeness (QED) is 0.625. The van der Waals surface area contributed by atoms with Crippen molar-refractivity contribution in [1.82, 2.24) is 4.98 Å². The van der Waals surface area contributed by atoms with E-state index in [4.69, 9.17) is 17.3 Å². The van der Waals surface area contributed by atoms with Crippen LogP contribution < -0.4 is 5.73 Å². The van der Waals surface area contributed by atoms with Gasteiger partial charge < -0.3 is 5.73 Å². The van der Waals surface area contributed by atoms with E-state index in [9.17, 15) is 0 Å². The Morgan fingerprint density at radius 1 is 1.33 bits per heavy atom. The molecule has 0 aliphatic heterocycles. The number of anilines is 1. The Labute approximate surface area is 76.7 Å². The lowest BCUT2D eigenvalue weighted by molar-refractivity contribution is 0.684. The molecule has 0 radical (unpaired) electrons. The fraction of sp³-hybridized carbons (Fsp3) is 0.444. The smallest absolute Gasteiger partial charge is 0.131 e. The summed E-state index contributed by atoms with van der Waals surface area (Å²) >= 11 is 5.79. The zero-order valence-electron chi connectivity index (χ0n) is 6.81. The predicted molar refractivity (Wildman–Crippen MR) is 50.3 cm³/mol. The Kier molecular flexibility index (Phi) is 1.93. The molecule has 1 aromatic rings. The van der Waals surface area contributed by atoms with Gasteiger partial charge in [-0.2, -0.15) is 0 Å². The third-order valence-corrected chi connectivity index (χ3v) is 2.53. The molecule has 0 atom stereocenters. The van der Waals surface area contributed by atoms with Gasteiger partial charge in [-0.3, -0.25) is 0 Å². The first-order chi connectivity index (χ1) is 5.77. The lowest BCUT2D eigenvalue weighted by Gasteiger charge is -2.16. The number of aryl methyl sites for hydroxylation is 1. The molecule has 0 saturated carbocycles. The Bertz CT molecular complexity index is 310. The Hall–Kier alpha value is -0.760. The van der Waals surface area contributed by atoms with Gasteiger partial charge in [0.25, 0.3) is 0 Å². The molecule has 3 heteroatoms.